The average Bonchev–Trinajstić information content (AvgIpc) is 2.93. The molecule has 3 heterocycles. The molecule has 7 heteroatoms. The average molecular weight is 328 g/mol. The van der Waals surface area contributed by atoms with E-state index in [-0.39, 0.29) is 18.3 Å². The van der Waals surface area contributed by atoms with Crippen LogP contribution >= 0.6 is 12.4 Å². The van der Waals surface area contributed by atoms with Crippen LogP contribution in [0.4, 0.5) is 0 Å². The second-order valence-electron chi connectivity index (χ2n) is 6.09. The topological polar surface area (TPSA) is 73.0 Å². The van der Waals surface area contributed by atoms with E-state index in [9.17, 15) is 4.79 Å². The van der Waals surface area contributed by atoms with Crippen molar-refractivity contribution in [1.29, 1.82) is 0 Å². The monoisotopic (exact) mass is 327 g/mol. The van der Waals surface area contributed by atoms with Crippen molar-refractivity contribution >= 4 is 18.3 Å². The molecule has 0 radical (unpaired) electrons. The molecule has 1 amide bonds. The molecule has 2 aliphatic rings. The summed E-state index contributed by atoms with van der Waals surface area (Å²) in [5, 5.41) is 13.5. The quantitative estimate of drug-likeness (QED) is 0.774. The fourth-order valence-electron chi connectivity index (χ4n) is 3.30. The van der Waals surface area contributed by atoms with Crippen LogP contribution in [0.25, 0.3) is 0 Å². The van der Waals surface area contributed by atoms with Gasteiger partial charge in [-0.25, -0.2) is 0 Å². The second-order valence-corrected chi connectivity index (χ2v) is 6.09. The number of fused-ring (bicyclic) bond motifs is 1. The number of aromatic amines is 1. The number of hydrogen-bond acceptors (Lipinski definition) is 4. The van der Waals surface area contributed by atoms with E-state index in [1.54, 1.807) is 0 Å². The predicted octanol–water partition coefficient (Wildman–Crippen LogP) is 1.08. The highest BCUT2D eigenvalue weighted by atomic mass is 35.5. The van der Waals surface area contributed by atoms with E-state index in [4.69, 9.17) is 0 Å². The Morgan fingerprint density at radius 3 is 3.14 bits per heavy atom. The first-order valence-corrected chi connectivity index (χ1v) is 8.05. The lowest BCUT2D eigenvalue weighted by Crippen LogP contribution is -2.42. The van der Waals surface area contributed by atoms with Crippen LogP contribution < -0.4 is 10.6 Å². The molecule has 0 aliphatic carbocycles. The number of nitrogens with zero attached hydrogens (tertiary/aromatic N) is 2. The van der Waals surface area contributed by atoms with Gasteiger partial charge in [0.15, 0.2) is 5.69 Å². The van der Waals surface area contributed by atoms with Crippen molar-refractivity contribution in [3.63, 3.8) is 0 Å². The lowest BCUT2D eigenvalue weighted by atomic mass is 10.0. The summed E-state index contributed by atoms with van der Waals surface area (Å²) < 4.78 is 0. The Bertz CT molecular complexity index is 504. The van der Waals surface area contributed by atoms with Crippen LogP contribution in [0, 0.1) is 0 Å². The molecule has 0 bridgehead atoms. The summed E-state index contributed by atoms with van der Waals surface area (Å²) in [6, 6.07) is 0.637. The summed E-state index contributed by atoms with van der Waals surface area (Å²) in [5.41, 5.74) is 2.69. The predicted molar refractivity (Wildman–Crippen MR) is 88.5 cm³/mol. The molecule has 124 valence electrons. The van der Waals surface area contributed by atoms with Crippen molar-refractivity contribution in [2.45, 2.75) is 45.2 Å². The Morgan fingerprint density at radius 1 is 1.45 bits per heavy atom. The van der Waals surface area contributed by atoms with Gasteiger partial charge < -0.3 is 10.6 Å². The SMILES string of the molecule is CC1CCCCN1CCNC(=O)c1n[nH]c2c1CNCC2.Cl. The van der Waals surface area contributed by atoms with Gasteiger partial charge in [0.1, 0.15) is 0 Å². The lowest BCUT2D eigenvalue weighted by molar-refractivity contribution is 0.0932. The van der Waals surface area contributed by atoms with E-state index in [1.807, 2.05) is 0 Å². The number of H-pyrrole nitrogens is 1. The van der Waals surface area contributed by atoms with Gasteiger partial charge in [0.25, 0.3) is 5.91 Å². The van der Waals surface area contributed by atoms with Crippen LogP contribution in [-0.2, 0) is 13.0 Å². The molecule has 1 fully saturated rings. The Balaban J connectivity index is 0.00000176. The first kappa shape index (κ1) is 17.2. The highest BCUT2D eigenvalue weighted by Gasteiger charge is 2.22. The summed E-state index contributed by atoms with van der Waals surface area (Å²) >= 11 is 0. The maximum absolute atomic E-state index is 12.3. The van der Waals surface area contributed by atoms with E-state index >= 15 is 0 Å². The molecule has 1 unspecified atom stereocenters. The zero-order valence-corrected chi connectivity index (χ0v) is 14.0. The zero-order chi connectivity index (χ0) is 14.7. The first-order chi connectivity index (χ1) is 10.3. The van der Waals surface area contributed by atoms with Crippen molar-refractivity contribution in [1.82, 2.24) is 25.7 Å². The van der Waals surface area contributed by atoms with Gasteiger partial charge in [0.2, 0.25) is 0 Å². The third kappa shape index (κ3) is 3.80. The number of amides is 1. The molecule has 1 aromatic rings. The van der Waals surface area contributed by atoms with Crippen molar-refractivity contribution in [3.8, 4) is 0 Å². The van der Waals surface area contributed by atoms with Gasteiger partial charge in [-0.1, -0.05) is 6.42 Å². The standard InChI is InChI=1S/C15H25N5O.ClH/c1-11-4-2-3-8-20(11)9-7-17-15(21)14-12-10-16-6-5-13(12)18-19-14;/h11,16H,2-10H2,1H3,(H,17,21)(H,18,19);1H. The molecular weight excluding hydrogens is 302 g/mol. The minimum Gasteiger partial charge on any atom is -0.349 e. The molecule has 3 rings (SSSR count). The number of rotatable bonds is 4. The lowest BCUT2D eigenvalue weighted by Gasteiger charge is -2.33. The fourth-order valence-corrected chi connectivity index (χ4v) is 3.30. The van der Waals surface area contributed by atoms with Crippen molar-refractivity contribution in [2.24, 2.45) is 0 Å². The largest absolute Gasteiger partial charge is 0.349 e. The van der Waals surface area contributed by atoms with Gasteiger partial charge >= 0.3 is 0 Å². The number of carbonyl (C=O) groups excluding carboxylic acids is 1. The zero-order valence-electron chi connectivity index (χ0n) is 13.2. The van der Waals surface area contributed by atoms with Gasteiger partial charge in [-0.3, -0.25) is 14.8 Å². The molecule has 0 spiro atoms. The second kappa shape index (κ2) is 7.94. The summed E-state index contributed by atoms with van der Waals surface area (Å²) in [7, 11) is 0. The van der Waals surface area contributed by atoms with Crippen molar-refractivity contribution in [2.75, 3.05) is 26.2 Å². The van der Waals surface area contributed by atoms with E-state index in [0.29, 0.717) is 18.3 Å². The fraction of sp³-hybridized carbons (Fsp3) is 0.733. The van der Waals surface area contributed by atoms with Crippen molar-refractivity contribution < 1.29 is 4.79 Å². The van der Waals surface area contributed by atoms with Crippen LogP contribution in [0.5, 0.6) is 0 Å². The van der Waals surface area contributed by atoms with Gasteiger partial charge in [-0.05, 0) is 26.3 Å². The Labute approximate surface area is 137 Å². The number of nitrogens with one attached hydrogen (secondary N) is 3. The number of likely N-dealkylation sites (tertiary alicyclic amines) is 1. The molecule has 0 aromatic carbocycles. The van der Waals surface area contributed by atoms with Crippen LogP contribution in [0.3, 0.4) is 0 Å². The highest BCUT2D eigenvalue weighted by molar-refractivity contribution is 5.94. The number of halogens is 1. The van der Waals surface area contributed by atoms with E-state index in [1.165, 1.54) is 19.3 Å². The van der Waals surface area contributed by atoms with Crippen molar-refractivity contribution in [3.05, 3.63) is 17.0 Å². The Kier molecular flexibility index (Phi) is 6.23. The number of piperidine rings is 1. The van der Waals surface area contributed by atoms with Crippen LogP contribution in [-0.4, -0.2) is 53.2 Å². The van der Waals surface area contributed by atoms with Gasteiger partial charge in [-0.15, -0.1) is 12.4 Å². The molecule has 3 N–H and O–H groups in total. The van der Waals surface area contributed by atoms with Gasteiger partial charge in [0, 0.05) is 49.9 Å². The van der Waals surface area contributed by atoms with Crippen LogP contribution in [0.15, 0.2) is 0 Å². The summed E-state index contributed by atoms with van der Waals surface area (Å²) in [6.07, 6.45) is 4.79. The number of aromatic nitrogens is 2. The summed E-state index contributed by atoms with van der Waals surface area (Å²) in [4.78, 5) is 14.7. The van der Waals surface area contributed by atoms with Crippen LogP contribution in [0.2, 0.25) is 0 Å². The van der Waals surface area contributed by atoms with Gasteiger partial charge in [-0.2, -0.15) is 5.10 Å². The summed E-state index contributed by atoms with van der Waals surface area (Å²) in [5.74, 6) is -0.0548. The Hall–Kier alpha value is -1.11. The smallest absolute Gasteiger partial charge is 0.272 e. The van der Waals surface area contributed by atoms with E-state index in [0.717, 1.165) is 43.9 Å². The molecule has 22 heavy (non-hydrogen) atoms. The molecule has 6 nitrogen and oxygen atoms in total. The van der Waals surface area contributed by atoms with E-state index < -0.39 is 0 Å². The van der Waals surface area contributed by atoms with Gasteiger partial charge in [0.05, 0.1) is 0 Å². The first-order valence-electron chi connectivity index (χ1n) is 8.05. The summed E-state index contributed by atoms with van der Waals surface area (Å²) in [6.45, 7) is 6.73. The Morgan fingerprint density at radius 2 is 2.32 bits per heavy atom. The molecule has 2 aliphatic heterocycles. The van der Waals surface area contributed by atoms with E-state index in [2.05, 4.69) is 32.7 Å². The maximum atomic E-state index is 12.3. The molecule has 1 saturated heterocycles. The minimum absolute atomic E-state index is 0. The highest BCUT2D eigenvalue weighted by Crippen LogP contribution is 2.16. The number of hydrogen-bond donors (Lipinski definition) is 3. The molecule has 0 saturated carbocycles. The minimum atomic E-state index is -0.0548. The van der Waals surface area contributed by atoms with Crippen LogP contribution in [0.1, 0.15) is 47.9 Å². The molecule has 1 atom stereocenters. The normalized spacial score (nSPS) is 21.8. The molecule has 1 aromatic heterocycles. The maximum Gasteiger partial charge on any atom is 0.272 e. The number of carbonyl (C=O) groups is 1. The molecular formula is C15H26ClN5O. The third-order valence-corrected chi connectivity index (χ3v) is 4.65. The third-order valence-electron chi connectivity index (χ3n) is 4.65.